The van der Waals surface area contributed by atoms with Gasteiger partial charge in [0.25, 0.3) is 0 Å². The molecule has 0 spiro atoms. The first kappa shape index (κ1) is 13.8. The summed E-state index contributed by atoms with van der Waals surface area (Å²) in [7, 11) is 0. The highest BCUT2D eigenvalue weighted by molar-refractivity contribution is 9.10. The number of carboxylic acid groups (broad SMARTS) is 1. The minimum absolute atomic E-state index is 0.0473. The van der Waals surface area contributed by atoms with Gasteiger partial charge in [-0.05, 0) is 29.6 Å². The molecule has 1 aromatic carbocycles. The lowest BCUT2D eigenvalue weighted by molar-refractivity contribution is -0.254. The average Bonchev–Trinajstić information content (AvgIpc) is 2.83. The van der Waals surface area contributed by atoms with Crippen LogP contribution >= 0.6 is 27.3 Å². The largest absolute Gasteiger partial charge is 0.545 e. The maximum absolute atomic E-state index is 11.8. The molecule has 0 aliphatic carbocycles. The molecule has 98 valence electrons. The van der Waals surface area contributed by atoms with E-state index in [0.717, 1.165) is 4.88 Å². The van der Waals surface area contributed by atoms with E-state index in [2.05, 4.69) is 21.2 Å². The number of hydrogen-bond donors (Lipinski definition) is 1. The van der Waals surface area contributed by atoms with E-state index < -0.39 is 5.97 Å². The fraction of sp³-hybridized carbons (Fsp3) is 0.0769. The molecule has 0 bridgehead atoms. The number of carboxylic acids is 1. The molecule has 0 fully saturated rings. The molecule has 0 saturated carbocycles. The van der Waals surface area contributed by atoms with Gasteiger partial charge >= 0.3 is 0 Å². The van der Waals surface area contributed by atoms with Crippen LogP contribution in [0.2, 0.25) is 0 Å². The summed E-state index contributed by atoms with van der Waals surface area (Å²) in [6.45, 7) is 0. The predicted molar refractivity (Wildman–Crippen MR) is 75.1 cm³/mol. The highest BCUT2D eigenvalue weighted by Gasteiger charge is 2.09. The second kappa shape index (κ2) is 5.99. The molecule has 1 amide bonds. The molecule has 0 aliphatic heterocycles. The van der Waals surface area contributed by atoms with Crippen molar-refractivity contribution >= 4 is 44.8 Å². The zero-order valence-electron chi connectivity index (χ0n) is 9.68. The monoisotopic (exact) mass is 338 g/mol. The number of aromatic carboxylic acids is 1. The third kappa shape index (κ3) is 3.65. The summed E-state index contributed by atoms with van der Waals surface area (Å²) in [5.41, 5.74) is 0.193. The fourth-order valence-electron chi connectivity index (χ4n) is 1.56. The first-order valence-corrected chi connectivity index (χ1v) is 7.06. The molecule has 0 atom stereocenters. The van der Waals surface area contributed by atoms with Gasteiger partial charge in [0, 0.05) is 20.6 Å². The van der Waals surface area contributed by atoms with E-state index in [4.69, 9.17) is 0 Å². The number of anilines is 1. The predicted octanol–water partition coefficient (Wildman–Crippen LogP) is 2.06. The number of nitrogens with one attached hydrogen (secondary N) is 1. The van der Waals surface area contributed by atoms with Crippen LogP contribution < -0.4 is 10.4 Å². The average molecular weight is 339 g/mol. The first-order valence-electron chi connectivity index (χ1n) is 5.39. The molecule has 1 N–H and O–H groups in total. The van der Waals surface area contributed by atoms with Crippen molar-refractivity contribution < 1.29 is 14.7 Å². The summed E-state index contributed by atoms with van der Waals surface area (Å²) in [6.07, 6.45) is 0.222. The Bertz CT molecular complexity index is 610. The Balaban J connectivity index is 2.14. The van der Waals surface area contributed by atoms with Gasteiger partial charge in [0.15, 0.2) is 0 Å². The van der Waals surface area contributed by atoms with Gasteiger partial charge in [-0.2, -0.15) is 0 Å². The zero-order chi connectivity index (χ0) is 13.8. The lowest BCUT2D eigenvalue weighted by Crippen LogP contribution is -2.25. The quantitative estimate of drug-likeness (QED) is 0.927. The van der Waals surface area contributed by atoms with E-state index in [-0.39, 0.29) is 23.6 Å². The number of thiophene rings is 1. The summed E-state index contributed by atoms with van der Waals surface area (Å²) >= 11 is 4.66. The van der Waals surface area contributed by atoms with Crippen molar-refractivity contribution in [3.05, 3.63) is 50.6 Å². The Kier molecular flexibility index (Phi) is 4.34. The molecule has 0 saturated heterocycles. The number of carbonyl (C=O) groups is 2. The van der Waals surface area contributed by atoms with Crippen LogP contribution in [0.3, 0.4) is 0 Å². The molecule has 1 aromatic heterocycles. The van der Waals surface area contributed by atoms with E-state index in [1.807, 2.05) is 17.5 Å². The number of rotatable bonds is 4. The summed E-state index contributed by atoms with van der Waals surface area (Å²) in [6, 6.07) is 8.30. The smallest absolute Gasteiger partial charge is 0.229 e. The Hall–Kier alpha value is -1.66. The van der Waals surface area contributed by atoms with Crippen molar-refractivity contribution in [2.24, 2.45) is 0 Å². The van der Waals surface area contributed by atoms with Crippen LogP contribution in [0.5, 0.6) is 0 Å². The minimum atomic E-state index is -1.33. The van der Waals surface area contributed by atoms with Crippen LogP contribution in [0.25, 0.3) is 0 Å². The second-order valence-corrected chi connectivity index (χ2v) is 5.73. The van der Waals surface area contributed by atoms with Crippen molar-refractivity contribution in [3.8, 4) is 0 Å². The van der Waals surface area contributed by atoms with E-state index in [1.165, 1.54) is 23.5 Å². The van der Waals surface area contributed by atoms with E-state index in [9.17, 15) is 14.7 Å². The molecule has 2 rings (SSSR count). The molecule has 19 heavy (non-hydrogen) atoms. The summed E-state index contributed by atoms with van der Waals surface area (Å²) in [4.78, 5) is 23.7. The fourth-order valence-corrected chi connectivity index (χ4v) is 2.62. The third-order valence-corrected chi connectivity index (χ3v) is 3.76. The van der Waals surface area contributed by atoms with Crippen LogP contribution in [0.4, 0.5) is 5.69 Å². The number of carbonyl (C=O) groups excluding carboxylic acids is 2. The van der Waals surface area contributed by atoms with Gasteiger partial charge in [0.05, 0.1) is 12.4 Å². The molecule has 4 nitrogen and oxygen atoms in total. The number of halogens is 1. The molecule has 6 heteroatoms. The van der Waals surface area contributed by atoms with Crippen molar-refractivity contribution in [2.45, 2.75) is 6.42 Å². The standard InChI is InChI=1S/C13H10BrNO3S/c14-8-3-4-11(10(6-8)13(17)18)15-12(16)7-9-2-1-5-19-9/h1-6H,7H2,(H,15,16)(H,17,18)/p-1. The van der Waals surface area contributed by atoms with E-state index >= 15 is 0 Å². The van der Waals surface area contributed by atoms with Gasteiger partial charge < -0.3 is 15.2 Å². The molecule has 1 heterocycles. The van der Waals surface area contributed by atoms with Crippen LogP contribution in [0.1, 0.15) is 15.2 Å². The van der Waals surface area contributed by atoms with Gasteiger partial charge in [-0.25, -0.2) is 0 Å². The van der Waals surface area contributed by atoms with Crippen molar-refractivity contribution in [3.63, 3.8) is 0 Å². The van der Waals surface area contributed by atoms with Crippen molar-refractivity contribution in [1.82, 2.24) is 0 Å². The molecule has 2 aromatic rings. The molecule has 0 aliphatic rings. The Morgan fingerprint density at radius 2 is 2.11 bits per heavy atom. The SMILES string of the molecule is O=C(Cc1cccs1)Nc1ccc(Br)cc1C(=O)[O-]. The van der Waals surface area contributed by atoms with Gasteiger partial charge in [0.1, 0.15) is 0 Å². The molecular weight excluding hydrogens is 330 g/mol. The van der Waals surface area contributed by atoms with Gasteiger partial charge in [0.2, 0.25) is 5.91 Å². The summed E-state index contributed by atoms with van der Waals surface area (Å²) in [5.74, 6) is -1.58. The number of hydrogen-bond acceptors (Lipinski definition) is 4. The van der Waals surface area contributed by atoms with Crippen LogP contribution in [0.15, 0.2) is 40.2 Å². The number of amides is 1. The topological polar surface area (TPSA) is 69.2 Å². The molecule has 0 unspecified atom stereocenters. The highest BCUT2D eigenvalue weighted by atomic mass is 79.9. The molecule has 0 radical (unpaired) electrons. The Morgan fingerprint density at radius 3 is 2.74 bits per heavy atom. The molecular formula is C13H9BrNO3S-. The zero-order valence-corrected chi connectivity index (χ0v) is 12.1. The number of benzene rings is 1. The van der Waals surface area contributed by atoms with Gasteiger partial charge in [-0.15, -0.1) is 11.3 Å². The van der Waals surface area contributed by atoms with Gasteiger partial charge in [-0.3, -0.25) is 4.79 Å². The van der Waals surface area contributed by atoms with Crippen LogP contribution in [0, 0.1) is 0 Å². The van der Waals surface area contributed by atoms with Crippen molar-refractivity contribution in [2.75, 3.05) is 5.32 Å². The Morgan fingerprint density at radius 1 is 1.32 bits per heavy atom. The lowest BCUT2D eigenvalue weighted by atomic mass is 10.1. The normalized spacial score (nSPS) is 10.2. The summed E-state index contributed by atoms with van der Waals surface area (Å²) in [5, 5.41) is 15.5. The van der Waals surface area contributed by atoms with E-state index in [1.54, 1.807) is 6.07 Å². The van der Waals surface area contributed by atoms with E-state index in [0.29, 0.717) is 4.47 Å². The highest BCUT2D eigenvalue weighted by Crippen LogP contribution is 2.21. The first-order chi connectivity index (χ1) is 9.06. The maximum atomic E-state index is 11.8. The Labute approximate surface area is 122 Å². The lowest BCUT2D eigenvalue weighted by Gasteiger charge is -2.12. The van der Waals surface area contributed by atoms with Gasteiger partial charge in [-0.1, -0.05) is 22.0 Å². The second-order valence-electron chi connectivity index (χ2n) is 3.78. The summed E-state index contributed by atoms with van der Waals surface area (Å²) < 4.78 is 0.614. The maximum Gasteiger partial charge on any atom is 0.229 e. The van der Waals surface area contributed by atoms with Crippen LogP contribution in [-0.2, 0) is 11.2 Å². The third-order valence-electron chi connectivity index (χ3n) is 2.39. The minimum Gasteiger partial charge on any atom is -0.545 e. The van der Waals surface area contributed by atoms with Crippen molar-refractivity contribution in [1.29, 1.82) is 0 Å². The van der Waals surface area contributed by atoms with Crippen LogP contribution in [-0.4, -0.2) is 11.9 Å².